The van der Waals surface area contributed by atoms with Crippen molar-refractivity contribution in [2.45, 2.75) is 25.9 Å². The minimum atomic E-state index is 0.433. The fourth-order valence-corrected chi connectivity index (χ4v) is 1.41. The van der Waals surface area contributed by atoms with Crippen LogP contribution in [-0.4, -0.2) is 24.1 Å². The van der Waals surface area contributed by atoms with Crippen molar-refractivity contribution in [3.63, 3.8) is 0 Å². The molecule has 0 spiro atoms. The summed E-state index contributed by atoms with van der Waals surface area (Å²) in [5.41, 5.74) is 0. The highest BCUT2D eigenvalue weighted by atomic mass is 32.2. The number of nitrogens with one attached hydrogen (secondary N) is 1. The lowest BCUT2D eigenvalue weighted by Gasteiger charge is -2.15. The molecular weight excluding hydrogens is 142 g/mol. The van der Waals surface area contributed by atoms with Gasteiger partial charge in [0.15, 0.2) is 0 Å². The minimum absolute atomic E-state index is 0.433. The fourth-order valence-electron chi connectivity index (χ4n) is 0.815. The van der Waals surface area contributed by atoms with E-state index in [0.29, 0.717) is 12.1 Å². The summed E-state index contributed by atoms with van der Waals surface area (Å²) in [7, 11) is 0. The van der Waals surface area contributed by atoms with Gasteiger partial charge in [-0.25, -0.2) is 0 Å². The second-order valence-corrected chi connectivity index (χ2v) is 3.46. The van der Waals surface area contributed by atoms with E-state index >= 15 is 0 Å². The van der Waals surface area contributed by atoms with Gasteiger partial charge < -0.3 is 5.32 Å². The first-order valence-corrected chi connectivity index (χ1v) is 4.97. The largest absolute Gasteiger partial charge is 0.308 e. The summed E-state index contributed by atoms with van der Waals surface area (Å²) in [5, 5.41) is 3.39. The number of rotatable bonds is 5. The quantitative estimate of drug-likeness (QED) is 0.615. The average molecular weight is 159 g/mol. The maximum absolute atomic E-state index is 3.70. The summed E-state index contributed by atoms with van der Waals surface area (Å²) in [6.07, 6.45) is 4.05. The molecule has 0 saturated heterocycles. The van der Waals surface area contributed by atoms with Gasteiger partial charge in [0.1, 0.15) is 0 Å². The van der Waals surface area contributed by atoms with Gasteiger partial charge in [0.25, 0.3) is 0 Å². The van der Waals surface area contributed by atoms with Crippen molar-refractivity contribution in [2.75, 3.05) is 12.0 Å². The third-order valence-corrected chi connectivity index (χ3v) is 2.15. The first-order chi connectivity index (χ1) is 4.70. The van der Waals surface area contributed by atoms with Crippen LogP contribution in [0.15, 0.2) is 12.7 Å². The Hall–Kier alpha value is 0.0500. The van der Waals surface area contributed by atoms with Gasteiger partial charge in [0.2, 0.25) is 0 Å². The molecule has 0 heterocycles. The molecule has 0 aromatic heterocycles. The Morgan fingerprint density at radius 1 is 1.60 bits per heavy atom. The Balaban J connectivity index is 3.36. The molecule has 0 fully saturated rings. The molecule has 0 aliphatic rings. The SMILES string of the molecule is C=CC(C)NC(C)CSC. The molecule has 0 aliphatic carbocycles. The van der Waals surface area contributed by atoms with Crippen LogP contribution in [0.4, 0.5) is 0 Å². The highest BCUT2D eigenvalue weighted by Gasteiger charge is 2.01. The summed E-state index contributed by atoms with van der Waals surface area (Å²) >= 11 is 1.87. The molecule has 0 saturated carbocycles. The van der Waals surface area contributed by atoms with Crippen LogP contribution in [0.1, 0.15) is 13.8 Å². The summed E-state index contributed by atoms with van der Waals surface area (Å²) < 4.78 is 0. The third kappa shape index (κ3) is 4.89. The zero-order chi connectivity index (χ0) is 7.98. The monoisotopic (exact) mass is 159 g/mol. The number of hydrogen-bond acceptors (Lipinski definition) is 2. The van der Waals surface area contributed by atoms with E-state index in [1.807, 2.05) is 17.8 Å². The van der Waals surface area contributed by atoms with Gasteiger partial charge >= 0.3 is 0 Å². The van der Waals surface area contributed by atoms with Gasteiger partial charge in [-0.15, -0.1) is 6.58 Å². The van der Waals surface area contributed by atoms with Crippen molar-refractivity contribution < 1.29 is 0 Å². The molecule has 10 heavy (non-hydrogen) atoms. The first kappa shape index (κ1) is 10.0. The van der Waals surface area contributed by atoms with Gasteiger partial charge in [-0.1, -0.05) is 6.08 Å². The molecule has 0 aliphatic heterocycles. The lowest BCUT2D eigenvalue weighted by molar-refractivity contribution is 0.556. The molecule has 60 valence electrons. The topological polar surface area (TPSA) is 12.0 Å². The Morgan fingerprint density at radius 3 is 2.60 bits per heavy atom. The Morgan fingerprint density at radius 2 is 2.20 bits per heavy atom. The van der Waals surface area contributed by atoms with E-state index < -0.39 is 0 Å². The van der Waals surface area contributed by atoms with E-state index in [0.717, 1.165) is 5.75 Å². The van der Waals surface area contributed by atoms with Crippen LogP contribution >= 0.6 is 11.8 Å². The van der Waals surface area contributed by atoms with Gasteiger partial charge in [0, 0.05) is 17.8 Å². The van der Waals surface area contributed by atoms with Crippen molar-refractivity contribution in [1.29, 1.82) is 0 Å². The molecule has 0 aromatic rings. The van der Waals surface area contributed by atoms with E-state index in [1.54, 1.807) is 0 Å². The highest BCUT2D eigenvalue weighted by Crippen LogP contribution is 1.97. The van der Waals surface area contributed by atoms with Crippen molar-refractivity contribution in [1.82, 2.24) is 5.32 Å². The van der Waals surface area contributed by atoms with Gasteiger partial charge in [-0.05, 0) is 20.1 Å². The van der Waals surface area contributed by atoms with Crippen molar-refractivity contribution in [3.8, 4) is 0 Å². The van der Waals surface area contributed by atoms with E-state index in [-0.39, 0.29) is 0 Å². The van der Waals surface area contributed by atoms with Crippen LogP contribution in [0.25, 0.3) is 0 Å². The van der Waals surface area contributed by atoms with E-state index in [9.17, 15) is 0 Å². The van der Waals surface area contributed by atoms with Crippen LogP contribution in [0.5, 0.6) is 0 Å². The van der Waals surface area contributed by atoms with Crippen LogP contribution < -0.4 is 5.32 Å². The summed E-state index contributed by atoms with van der Waals surface area (Å²) in [4.78, 5) is 0. The molecule has 0 amide bonds. The molecule has 1 nitrogen and oxygen atoms in total. The van der Waals surface area contributed by atoms with Crippen molar-refractivity contribution in [3.05, 3.63) is 12.7 Å². The Kier molecular flexibility index (Phi) is 5.84. The predicted octanol–water partition coefficient (Wildman–Crippen LogP) is 1.90. The normalized spacial score (nSPS) is 16.3. The average Bonchev–Trinajstić information content (AvgIpc) is 1.88. The minimum Gasteiger partial charge on any atom is -0.308 e. The maximum atomic E-state index is 3.70. The molecule has 1 N–H and O–H groups in total. The zero-order valence-corrected chi connectivity index (χ0v) is 7.87. The zero-order valence-electron chi connectivity index (χ0n) is 7.05. The van der Waals surface area contributed by atoms with E-state index in [4.69, 9.17) is 0 Å². The summed E-state index contributed by atoms with van der Waals surface area (Å²) in [5.74, 6) is 1.16. The van der Waals surface area contributed by atoms with Gasteiger partial charge in [-0.3, -0.25) is 0 Å². The van der Waals surface area contributed by atoms with Crippen LogP contribution in [0.3, 0.4) is 0 Å². The Labute approximate surface area is 68.3 Å². The van der Waals surface area contributed by atoms with E-state index in [2.05, 4.69) is 32.0 Å². The highest BCUT2D eigenvalue weighted by molar-refractivity contribution is 7.98. The van der Waals surface area contributed by atoms with Crippen molar-refractivity contribution in [2.24, 2.45) is 0 Å². The molecule has 0 radical (unpaired) electrons. The molecular formula is C8H17NS. The molecule has 2 unspecified atom stereocenters. The molecule has 2 heteroatoms. The van der Waals surface area contributed by atoms with Crippen LogP contribution in [-0.2, 0) is 0 Å². The second-order valence-electron chi connectivity index (χ2n) is 2.55. The molecule has 0 bridgehead atoms. The predicted molar refractivity (Wildman–Crippen MR) is 50.6 cm³/mol. The smallest absolute Gasteiger partial charge is 0.0221 e. The lowest BCUT2D eigenvalue weighted by Crippen LogP contribution is -2.34. The maximum Gasteiger partial charge on any atom is 0.0221 e. The van der Waals surface area contributed by atoms with Crippen LogP contribution in [0, 0.1) is 0 Å². The lowest BCUT2D eigenvalue weighted by atomic mass is 10.3. The van der Waals surface area contributed by atoms with Crippen molar-refractivity contribution >= 4 is 11.8 Å². The molecule has 0 aromatic carbocycles. The number of thioether (sulfide) groups is 1. The summed E-state index contributed by atoms with van der Waals surface area (Å²) in [6.45, 7) is 8.01. The second kappa shape index (κ2) is 5.81. The van der Waals surface area contributed by atoms with Crippen LogP contribution in [0.2, 0.25) is 0 Å². The first-order valence-electron chi connectivity index (χ1n) is 3.58. The number of hydrogen-bond donors (Lipinski definition) is 1. The fraction of sp³-hybridized carbons (Fsp3) is 0.750. The summed E-state index contributed by atoms with van der Waals surface area (Å²) in [6, 6.07) is 1.02. The molecule has 2 atom stereocenters. The van der Waals surface area contributed by atoms with E-state index in [1.165, 1.54) is 0 Å². The van der Waals surface area contributed by atoms with Gasteiger partial charge in [-0.2, -0.15) is 11.8 Å². The Bertz CT molecular complexity index is 93.3. The van der Waals surface area contributed by atoms with Gasteiger partial charge in [0.05, 0.1) is 0 Å². The molecule has 0 rings (SSSR count). The third-order valence-electron chi connectivity index (χ3n) is 1.32. The standard InChI is InChI=1S/C8H17NS/c1-5-7(2)9-8(3)6-10-4/h5,7-9H,1,6H2,2-4H3.